The van der Waals surface area contributed by atoms with Crippen molar-refractivity contribution in [3.63, 3.8) is 0 Å². The Balaban J connectivity index is 1.25. The number of benzene rings is 2. The summed E-state index contributed by atoms with van der Waals surface area (Å²) in [7, 11) is 1.98. The Bertz CT molecular complexity index is 983. The van der Waals surface area contributed by atoms with E-state index >= 15 is 0 Å². The van der Waals surface area contributed by atoms with Crippen molar-refractivity contribution in [2.24, 2.45) is 0 Å². The smallest absolute Gasteiger partial charge is 0.241 e. The highest BCUT2D eigenvalue weighted by atomic mass is 19.1. The van der Waals surface area contributed by atoms with Crippen LogP contribution >= 0.6 is 0 Å². The van der Waals surface area contributed by atoms with Crippen LogP contribution in [0.3, 0.4) is 0 Å². The van der Waals surface area contributed by atoms with Crippen LogP contribution in [-0.2, 0) is 17.6 Å². The summed E-state index contributed by atoms with van der Waals surface area (Å²) in [5, 5.41) is 7.37. The Morgan fingerprint density at radius 1 is 1.21 bits per heavy atom. The number of likely N-dealkylation sites (N-methyl/N-ethyl adjacent to an activating group) is 1. The molecule has 0 saturated heterocycles. The lowest BCUT2D eigenvalue weighted by atomic mass is 10.1. The van der Waals surface area contributed by atoms with Gasteiger partial charge in [-0.15, -0.1) is 0 Å². The van der Waals surface area contributed by atoms with Crippen LogP contribution < -0.4 is 4.90 Å². The van der Waals surface area contributed by atoms with Crippen LogP contribution in [0.25, 0.3) is 11.3 Å². The number of nitrogens with zero attached hydrogens (tertiary/aromatic N) is 3. The monoisotopic (exact) mass is 392 g/mol. The molecule has 1 aliphatic rings. The predicted molar refractivity (Wildman–Crippen MR) is 112 cm³/mol. The van der Waals surface area contributed by atoms with Gasteiger partial charge in [0.25, 0.3) is 0 Å². The lowest BCUT2D eigenvalue weighted by Gasteiger charge is -2.22. The summed E-state index contributed by atoms with van der Waals surface area (Å²) in [5.74, 6) is -0.0999. The molecule has 6 heteroatoms. The van der Waals surface area contributed by atoms with Gasteiger partial charge in [0.15, 0.2) is 0 Å². The molecular formula is C23H25FN4O. The summed E-state index contributed by atoms with van der Waals surface area (Å²) in [6, 6.07) is 16.5. The van der Waals surface area contributed by atoms with E-state index in [0.717, 1.165) is 55.0 Å². The SMILES string of the molecule is CN(CCCc1cc(-c2ccc(F)cc2)n[nH]1)CC(=O)N1CCc2ccccc21. The average Bonchev–Trinajstić information content (AvgIpc) is 3.36. The molecule has 3 aromatic rings. The molecule has 1 aliphatic heterocycles. The Morgan fingerprint density at radius 3 is 2.83 bits per heavy atom. The number of amides is 1. The van der Waals surface area contributed by atoms with E-state index in [4.69, 9.17) is 0 Å². The number of hydrogen-bond acceptors (Lipinski definition) is 3. The standard InChI is InChI=1S/C23H25FN4O/c1-27(16-23(29)28-14-12-18-5-2-3-7-22(18)28)13-4-6-20-15-21(26-25-20)17-8-10-19(24)11-9-17/h2-3,5,7-11,15H,4,6,12-14,16H2,1H3,(H,25,26). The first-order valence-electron chi connectivity index (χ1n) is 9.97. The molecular weight excluding hydrogens is 367 g/mol. The molecule has 0 fully saturated rings. The van der Waals surface area contributed by atoms with Gasteiger partial charge in [-0.25, -0.2) is 4.39 Å². The van der Waals surface area contributed by atoms with Crippen molar-refractivity contribution in [2.45, 2.75) is 19.3 Å². The molecule has 0 bridgehead atoms. The Kier molecular flexibility index (Phi) is 5.71. The van der Waals surface area contributed by atoms with Crippen molar-refractivity contribution < 1.29 is 9.18 Å². The van der Waals surface area contributed by atoms with E-state index in [9.17, 15) is 9.18 Å². The normalized spacial score (nSPS) is 13.1. The molecule has 150 valence electrons. The Labute approximate surface area is 170 Å². The summed E-state index contributed by atoms with van der Waals surface area (Å²) in [6.07, 6.45) is 2.70. The van der Waals surface area contributed by atoms with Gasteiger partial charge in [-0.3, -0.25) is 14.8 Å². The molecule has 2 heterocycles. The number of carbonyl (C=O) groups excluding carboxylic acids is 1. The lowest BCUT2D eigenvalue weighted by Crippen LogP contribution is -2.38. The van der Waals surface area contributed by atoms with Gasteiger partial charge in [0, 0.05) is 23.5 Å². The van der Waals surface area contributed by atoms with Crippen LogP contribution in [-0.4, -0.2) is 47.7 Å². The van der Waals surface area contributed by atoms with E-state index < -0.39 is 0 Å². The number of halogens is 1. The molecule has 0 saturated carbocycles. The third-order valence-corrected chi connectivity index (χ3v) is 5.35. The maximum absolute atomic E-state index is 13.1. The summed E-state index contributed by atoms with van der Waals surface area (Å²) < 4.78 is 13.1. The van der Waals surface area contributed by atoms with Gasteiger partial charge >= 0.3 is 0 Å². The largest absolute Gasteiger partial charge is 0.311 e. The topological polar surface area (TPSA) is 52.2 Å². The number of para-hydroxylation sites is 1. The minimum atomic E-state index is -0.250. The summed E-state index contributed by atoms with van der Waals surface area (Å²) in [6.45, 7) is 2.01. The van der Waals surface area contributed by atoms with Crippen LogP contribution in [0.4, 0.5) is 10.1 Å². The minimum Gasteiger partial charge on any atom is -0.311 e. The summed E-state index contributed by atoms with van der Waals surface area (Å²) in [5.41, 5.74) is 5.05. The molecule has 0 spiro atoms. The zero-order valence-corrected chi connectivity index (χ0v) is 16.6. The van der Waals surface area contributed by atoms with Gasteiger partial charge in [0.05, 0.1) is 12.2 Å². The molecule has 29 heavy (non-hydrogen) atoms. The van der Waals surface area contributed by atoms with Crippen molar-refractivity contribution in [1.82, 2.24) is 15.1 Å². The van der Waals surface area contributed by atoms with Gasteiger partial charge in [-0.05, 0) is 74.8 Å². The maximum atomic E-state index is 13.1. The molecule has 2 aromatic carbocycles. The van der Waals surface area contributed by atoms with Crippen LogP contribution in [0, 0.1) is 5.82 Å². The maximum Gasteiger partial charge on any atom is 0.241 e. The van der Waals surface area contributed by atoms with E-state index in [2.05, 4.69) is 21.2 Å². The number of fused-ring (bicyclic) bond motifs is 1. The highest BCUT2D eigenvalue weighted by molar-refractivity contribution is 5.96. The van der Waals surface area contributed by atoms with Crippen molar-refractivity contribution in [2.75, 3.05) is 31.6 Å². The van der Waals surface area contributed by atoms with Gasteiger partial charge < -0.3 is 4.90 Å². The van der Waals surface area contributed by atoms with Crippen molar-refractivity contribution in [3.8, 4) is 11.3 Å². The van der Waals surface area contributed by atoms with E-state index in [-0.39, 0.29) is 11.7 Å². The molecule has 0 unspecified atom stereocenters. The van der Waals surface area contributed by atoms with Crippen molar-refractivity contribution >= 4 is 11.6 Å². The quantitative estimate of drug-likeness (QED) is 0.668. The highest BCUT2D eigenvalue weighted by Crippen LogP contribution is 2.27. The number of rotatable bonds is 7. The number of aryl methyl sites for hydroxylation is 1. The second-order valence-electron chi connectivity index (χ2n) is 7.55. The zero-order valence-electron chi connectivity index (χ0n) is 16.6. The predicted octanol–water partition coefficient (Wildman–Crippen LogP) is 3.67. The van der Waals surface area contributed by atoms with Crippen LogP contribution in [0.1, 0.15) is 17.7 Å². The van der Waals surface area contributed by atoms with Gasteiger partial charge in [0.2, 0.25) is 5.91 Å². The molecule has 1 N–H and O–H groups in total. The third-order valence-electron chi connectivity index (χ3n) is 5.35. The number of carbonyl (C=O) groups is 1. The zero-order chi connectivity index (χ0) is 20.2. The third kappa shape index (κ3) is 4.54. The fraction of sp³-hybridized carbons (Fsp3) is 0.304. The van der Waals surface area contributed by atoms with Crippen LogP contribution in [0.15, 0.2) is 54.6 Å². The first-order valence-corrected chi connectivity index (χ1v) is 9.97. The Morgan fingerprint density at radius 2 is 2.00 bits per heavy atom. The molecule has 4 rings (SSSR count). The van der Waals surface area contributed by atoms with E-state index in [1.54, 1.807) is 12.1 Å². The highest BCUT2D eigenvalue weighted by Gasteiger charge is 2.24. The van der Waals surface area contributed by atoms with E-state index in [0.29, 0.717) is 6.54 Å². The second kappa shape index (κ2) is 8.57. The van der Waals surface area contributed by atoms with Crippen LogP contribution in [0.5, 0.6) is 0 Å². The summed E-state index contributed by atoms with van der Waals surface area (Å²) in [4.78, 5) is 16.6. The van der Waals surface area contributed by atoms with Crippen molar-refractivity contribution in [3.05, 3.63) is 71.7 Å². The number of nitrogens with one attached hydrogen (secondary N) is 1. The Hall–Kier alpha value is -2.99. The molecule has 0 atom stereocenters. The fourth-order valence-electron chi connectivity index (χ4n) is 3.79. The molecule has 0 radical (unpaired) electrons. The number of hydrogen-bond donors (Lipinski definition) is 1. The number of aromatic nitrogens is 2. The molecule has 1 amide bonds. The van der Waals surface area contributed by atoms with Crippen molar-refractivity contribution in [1.29, 1.82) is 0 Å². The van der Waals surface area contributed by atoms with Crippen LogP contribution in [0.2, 0.25) is 0 Å². The number of H-pyrrole nitrogens is 1. The van der Waals surface area contributed by atoms with Gasteiger partial charge in [-0.1, -0.05) is 18.2 Å². The van der Waals surface area contributed by atoms with Gasteiger partial charge in [0.1, 0.15) is 5.82 Å². The molecule has 1 aromatic heterocycles. The average molecular weight is 392 g/mol. The number of aromatic amines is 1. The fourth-order valence-corrected chi connectivity index (χ4v) is 3.79. The lowest BCUT2D eigenvalue weighted by molar-refractivity contribution is -0.119. The second-order valence-corrected chi connectivity index (χ2v) is 7.55. The van der Waals surface area contributed by atoms with E-state index in [1.165, 1.54) is 17.7 Å². The van der Waals surface area contributed by atoms with Gasteiger partial charge in [-0.2, -0.15) is 5.10 Å². The minimum absolute atomic E-state index is 0.151. The summed E-state index contributed by atoms with van der Waals surface area (Å²) >= 11 is 0. The van der Waals surface area contributed by atoms with E-state index in [1.807, 2.05) is 36.2 Å². The molecule has 5 nitrogen and oxygen atoms in total. The number of anilines is 1. The first kappa shape index (κ1) is 19.3. The first-order chi connectivity index (χ1) is 14.1. The molecule has 0 aliphatic carbocycles.